The molecular formula is C14H15N5O2. The maximum absolute atomic E-state index is 6.08. The van der Waals surface area contributed by atoms with Gasteiger partial charge in [0, 0.05) is 6.92 Å². The molecule has 0 spiro atoms. The normalized spacial score (nSPS) is 10.8. The molecule has 0 aliphatic heterocycles. The fourth-order valence-corrected chi connectivity index (χ4v) is 1.92. The molecule has 1 aromatic carbocycles. The van der Waals surface area contributed by atoms with E-state index in [2.05, 4.69) is 15.3 Å². The highest BCUT2D eigenvalue weighted by molar-refractivity contribution is 5.51. The standard InChI is InChI=1S/C14H15N5O2/c1-9-13(15)19(11-6-4-3-5-7-11)18-14(9)20-8-12-17-16-10(2)21-12/h3-7H,8,15H2,1-2H3. The van der Waals surface area contributed by atoms with Crippen molar-refractivity contribution in [3.05, 3.63) is 47.7 Å². The highest BCUT2D eigenvalue weighted by Gasteiger charge is 2.15. The molecule has 0 unspecified atom stereocenters. The summed E-state index contributed by atoms with van der Waals surface area (Å²) in [5.74, 6) is 1.89. The Labute approximate surface area is 121 Å². The number of rotatable bonds is 4. The first-order valence-electron chi connectivity index (χ1n) is 6.47. The number of hydrogen-bond acceptors (Lipinski definition) is 6. The van der Waals surface area contributed by atoms with Gasteiger partial charge in [0.15, 0.2) is 6.61 Å². The number of anilines is 1. The number of nitrogens with two attached hydrogens (primary N) is 1. The van der Waals surface area contributed by atoms with Crippen LogP contribution < -0.4 is 10.5 Å². The minimum atomic E-state index is 0.160. The van der Waals surface area contributed by atoms with Crippen LogP contribution in [0.25, 0.3) is 5.69 Å². The van der Waals surface area contributed by atoms with Gasteiger partial charge in [0.1, 0.15) is 5.82 Å². The predicted molar refractivity (Wildman–Crippen MR) is 76.1 cm³/mol. The van der Waals surface area contributed by atoms with Crippen LogP contribution in [0.1, 0.15) is 17.3 Å². The highest BCUT2D eigenvalue weighted by atomic mass is 16.5. The average Bonchev–Trinajstić information content (AvgIpc) is 3.04. The largest absolute Gasteiger partial charge is 0.466 e. The number of ether oxygens (including phenoxy) is 1. The fourth-order valence-electron chi connectivity index (χ4n) is 1.92. The van der Waals surface area contributed by atoms with Gasteiger partial charge < -0.3 is 14.9 Å². The molecule has 2 aromatic heterocycles. The molecule has 2 N–H and O–H groups in total. The van der Waals surface area contributed by atoms with Crippen molar-refractivity contribution in [3.63, 3.8) is 0 Å². The molecule has 0 bridgehead atoms. The molecule has 0 fully saturated rings. The molecule has 0 atom stereocenters. The summed E-state index contributed by atoms with van der Waals surface area (Å²) in [5, 5.41) is 12.0. The van der Waals surface area contributed by atoms with Gasteiger partial charge in [0.2, 0.25) is 11.8 Å². The quantitative estimate of drug-likeness (QED) is 0.788. The maximum Gasteiger partial charge on any atom is 0.253 e. The third kappa shape index (κ3) is 2.58. The van der Waals surface area contributed by atoms with Crippen molar-refractivity contribution in [2.45, 2.75) is 20.5 Å². The molecule has 7 nitrogen and oxygen atoms in total. The van der Waals surface area contributed by atoms with Gasteiger partial charge in [-0.15, -0.1) is 15.3 Å². The number of benzene rings is 1. The Bertz CT molecular complexity index is 748. The van der Waals surface area contributed by atoms with Crippen LogP contribution in [-0.2, 0) is 6.61 Å². The van der Waals surface area contributed by atoms with Crippen LogP contribution in [0.2, 0.25) is 0 Å². The van der Waals surface area contributed by atoms with Crippen molar-refractivity contribution in [2.24, 2.45) is 0 Å². The second kappa shape index (κ2) is 5.28. The van der Waals surface area contributed by atoms with E-state index >= 15 is 0 Å². The van der Waals surface area contributed by atoms with E-state index in [-0.39, 0.29) is 6.61 Å². The summed E-state index contributed by atoms with van der Waals surface area (Å²) >= 11 is 0. The van der Waals surface area contributed by atoms with Gasteiger partial charge >= 0.3 is 0 Å². The summed E-state index contributed by atoms with van der Waals surface area (Å²) in [5.41, 5.74) is 7.73. The van der Waals surface area contributed by atoms with Crippen LogP contribution in [0.5, 0.6) is 5.88 Å². The molecule has 0 radical (unpaired) electrons. The number of hydrogen-bond donors (Lipinski definition) is 1. The van der Waals surface area contributed by atoms with Crippen molar-refractivity contribution in [1.82, 2.24) is 20.0 Å². The number of aromatic nitrogens is 4. The van der Waals surface area contributed by atoms with Crippen LogP contribution >= 0.6 is 0 Å². The summed E-state index contributed by atoms with van der Waals surface area (Å²) in [7, 11) is 0. The van der Waals surface area contributed by atoms with Crippen LogP contribution in [0.4, 0.5) is 5.82 Å². The molecule has 0 saturated carbocycles. The minimum Gasteiger partial charge on any atom is -0.466 e. The molecule has 0 aliphatic rings. The minimum absolute atomic E-state index is 0.160. The van der Waals surface area contributed by atoms with E-state index in [4.69, 9.17) is 14.9 Å². The van der Waals surface area contributed by atoms with E-state index < -0.39 is 0 Å². The van der Waals surface area contributed by atoms with Gasteiger partial charge in [0.25, 0.3) is 5.89 Å². The van der Waals surface area contributed by atoms with Crippen LogP contribution in [-0.4, -0.2) is 20.0 Å². The molecule has 0 amide bonds. The molecule has 21 heavy (non-hydrogen) atoms. The molecule has 2 heterocycles. The summed E-state index contributed by atoms with van der Waals surface area (Å²) in [4.78, 5) is 0. The van der Waals surface area contributed by atoms with E-state index in [9.17, 15) is 0 Å². The smallest absolute Gasteiger partial charge is 0.253 e. The highest BCUT2D eigenvalue weighted by Crippen LogP contribution is 2.26. The lowest BCUT2D eigenvalue weighted by molar-refractivity contribution is 0.248. The van der Waals surface area contributed by atoms with Gasteiger partial charge in [-0.3, -0.25) is 0 Å². The van der Waals surface area contributed by atoms with Crippen molar-refractivity contribution >= 4 is 5.82 Å². The van der Waals surface area contributed by atoms with Crippen molar-refractivity contribution < 1.29 is 9.15 Å². The van der Waals surface area contributed by atoms with Gasteiger partial charge in [-0.25, -0.2) is 4.68 Å². The topological polar surface area (TPSA) is 92.0 Å². The zero-order valence-corrected chi connectivity index (χ0v) is 11.8. The van der Waals surface area contributed by atoms with Crippen LogP contribution in [0.15, 0.2) is 34.7 Å². The van der Waals surface area contributed by atoms with Crippen molar-refractivity contribution in [3.8, 4) is 11.6 Å². The first-order valence-corrected chi connectivity index (χ1v) is 6.47. The van der Waals surface area contributed by atoms with Gasteiger partial charge in [-0.05, 0) is 19.1 Å². The molecule has 7 heteroatoms. The van der Waals surface area contributed by atoms with E-state index in [1.54, 1.807) is 11.6 Å². The summed E-state index contributed by atoms with van der Waals surface area (Å²) in [6.45, 7) is 3.74. The molecule has 0 aliphatic carbocycles. The Morgan fingerprint density at radius 1 is 1.19 bits per heavy atom. The van der Waals surface area contributed by atoms with Crippen molar-refractivity contribution in [1.29, 1.82) is 0 Å². The Balaban J connectivity index is 1.83. The van der Waals surface area contributed by atoms with Crippen LogP contribution in [0.3, 0.4) is 0 Å². The Morgan fingerprint density at radius 3 is 2.62 bits per heavy atom. The predicted octanol–water partition coefficient (Wildman–Crippen LogP) is 2.03. The summed E-state index contributed by atoms with van der Waals surface area (Å²) in [6, 6.07) is 9.63. The Kier molecular flexibility index (Phi) is 3.31. The first kappa shape index (κ1) is 13.2. The monoisotopic (exact) mass is 285 g/mol. The second-order valence-electron chi connectivity index (χ2n) is 4.57. The molecule has 108 valence electrons. The average molecular weight is 285 g/mol. The van der Waals surface area contributed by atoms with E-state index in [0.717, 1.165) is 11.3 Å². The summed E-state index contributed by atoms with van der Waals surface area (Å²) in [6.07, 6.45) is 0. The zero-order chi connectivity index (χ0) is 14.8. The summed E-state index contributed by atoms with van der Waals surface area (Å²) < 4.78 is 12.5. The fraction of sp³-hybridized carbons (Fsp3) is 0.214. The Morgan fingerprint density at radius 2 is 1.95 bits per heavy atom. The zero-order valence-electron chi connectivity index (χ0n) is 11.8. The van der Waals surface area contributed by atoms with E-state index in [0.29, 0.717) is 23.5 Å². The van der Waals surface area contributed by atoms with E-state index in [1.165, 1.54) is 0 Å². The van der Waals surface area contributed by atoms with Gasteiger partial charge in [-0.1, -0.05) is 18.2 Å². The lowest BCUT2D eigenvalue weighted by Crippen LogP contribution is -2.02. The maximum atomic E-state index is 6.08. The number of nitrogen functional groups attached to an aromatic ring is 1. The molecule has 0 saturated heterocycles. The number of nitrogens with zero attached hydrogens (tertiary/aromatic N) is 4. The van der Waals surface area contributed by atoms with Gasteiger partial charge in [0.05, 0.1) is 11.3 Å². The lowest BCUT2D eigenvalue weighted by Gasteiger charge is -2.02. The van der Waals surface area contributed by atoms with E-state index in [1.807, 2.05) is 37.3 Å². The molecule has 3 aromatic rings. The SMILES string of the molecule is Cc1nnc(COc2nn(-c3ccccc3)c(N)c2C)o1. The lowest BCUT2D eigenvalue weighted by atomic mass is 10.3. The second-order valence-corrected chi connectivity index (χ2v) is 4.57. The molecule has 3 rings (SSSR count). The number of para-hydroxylation sites is 1. The first-order chi connectivity index (χ1) is 10.1. The van der Waals surface area contributed by atoms with Gasteiger partial charge in [-0.2, -0.15) is 0 Å². The van der Waals surface area contributed by atoms with Crippen LogP contribution in [0, 0.1) is 13.8 Å². The Hall–Kier alpha value is -2.83. The third-order valence-corrected chi connectivity index (χ3v) is 3.03. The third-order valence-electron chi connectivity index (χ3n) is 3.03. The molecular weight excluding hydrogens is 270 g/mol. The van der Waals surface area contributed by atoms with Crippen molar-refractivity contribution in [2.75, 3.05) is 5.73 Å². The number of aryl methyl sites for hydroxylation is 1.